The molecule has 1 atom stereocenters. The predicted octanol–water partition coefficient (Wildman–Crippen LogP) is 3.00. The lowest BCUT2D eigenvalue weighted by Crippen LogP contribution is -2.22. The summed E-state index contributed by atoms with van der Waals surface area (Å²) in [6.45, 7) is 3.55. The first-order valence-electron chi connectivity index (χ1n) is 5.47. The SMILES string of the molecule is Cc1ccc(O[C@H](C)C(=O)O)c2ccccc12. The van der Waals surface area contributed by atoms with Gasteiger partial charge in [0.15, 0.2) is 6.10 Å². The highest BCUT2D eigenvalue weighted by Gasteiger charge is 2.14. The average molecular weight is 230 g/mol. The summed E-state index contributed by atoms with van der Waals surface area (Å²) in [7, 11) is 0. The van der Waals surface area contributed by atoms with E-state index in [2.05, 4.69) is 0 Å². The largest absolute Gasteiger partial charge is 0.479 e. The molecular weight excluding hydrogens is 216 g/mol. The Kier molecular flexibility index (Phi) is 3.00. The molecule has 0 bridgehead atoms. The van der Waals surface area contributed by atoms with Gasteiger partial charge in [0.25, 0.3) is 0 Å². The molecule has 0 saturated carbocycles. The molecule has 2 rings (SSSR count). The molecule has 17 heavy (non-hydrogen) atoms. The first-order valence-corrected chi connectivity index (χ1v) is 5.47. The molecule has 0 saturated heterocycles. The molecule has 0 radical (unpaired) electrons. The Morgan fingerprint density at radius 2 is 1.82 bits per heavy atom. The number of ether oxygens (including phenoxy) is 1. The first-order chi connectivity index (χ1) is 8.09. The van der Waals surface area contributed by atoms with E-state index in [4.69, 9.17) is 9.84 Å². The van der Waals surface area contributed by atoms with Crippen LogP contribution in [0.4, 0.5) is 0 Å². The normalized spacial score (nSPS) is 12.4. The standard InChI is InChI=1S/C14H14O3/c1-9-7-8-13(17-10(2)14(15)16)12-6-4-3-5-11(9)12/h3-8,10H,1-2H3,(H,15,16)/t10-/m1/s1. The van der Waals surface area contributed by atoms with Crippen LogP contribution in [-0.4, -0.2) is 17.2 Å². The van der Waals surface area contributed by atoms with Gasteiger partial charge in [0, 0.05) is 5.39 Å². The minimum atomic E-state index is -0.963. The smallest absolute Gasteiger partial charge is 0.344 e. The van der Waals surface area contributed by atoms with Crippen molar-refractivity contribution in [2.45, 2.75) is 20.0 Å². The summed E-state index contributed by atoms with van der Waals surface area (Å²) in [4.78, 5) is 10.8. The molecule has 0 aliphatic heterocycles. The number of benzene rings is 2. The van der Waals surface area contributed by atoms with Gasteiger partial charge in [-0.25, -0.2) is 4.79 Å². The summed E-state index contributed by atoms with van der Waals surface area (Å²) >= 11 is 0. The van der Waals surface area contributed by atoms with Gasteiger partial charge in [-0.15, -0.1) is 0 Å². The Hall–Kier alpha value is -2.03. The van der Waals surface area contributed by atoms with Crippen LogP contribution in [0.25, 0.3) is 10.8 Å². The van der Waals surface area contributed by atoms with Gasteiger partial charge in [-0.3, -0.25) is 0 Å². The van der Waals surface area contributed by atoms with Gasteiger partial charge in [0.2, 0.25) is 0 Å². The van der Waals surface area contributed by atoms with E-state index in [1.807, 2.05) is 43.3 Å². The highest BCUT2D eigenvalue weighted by molar-refractivity contribution is 5.91. The molecule has 0 spiro atoms. The molecule has 3 heteroatoms. The third kappa shape index (κ3) is 2.23. The van der Waals surface area contributed by atoms with Crippen LogP contribution in [0.15, 0.2) is 36.4 Å². The molecule has 0 amide bonds. The van der Waals surface area contributed by atoms with Crippen LogP contribution in [0.1, 0.15) is 12.5 Å². The van der Waals surface area contributed by atoms with Gasteiger partial charge in [0.1, 0.15) is 5.75 Å². The molecule has 0 aliphatic rings. The maximum absolute atomic E-state index is 10.8. The zero-order valence-electron chi connectivity index (χ0n) is 9.81. The number of aliphatic carboxylic acids is 1. The third-order valence-corrected chi connectivity index (χ3v) is 2.75. The number of carboxylic acid groups (broad SMARTS) is 1. The van der Waals surface area contributed by atoms with Crippen molar-refractivity contribution in [2.24, 2.45) is 0 Å². The van der Waals surface area contributed by atoms with Gasteiger partial charge in [-0.2, -0.15) is 0 Å². The fourth-order valence-corrected chi connectivity index (χ4v) is 1.77. The van der Waals surface area contributed by atoms with Crippen molar-refractivity contribution in [3.05, 3.63) is 42.0 Å². The maximum Gasteiger partial charge on any atom is 0.344 e. The number of hydrogen-bond donors (Lipinski definition) is 1. The Morgan fingerprint density at radius 3 is 2.47 bits per heavy atom. The molecule has 0 heterocycles. The highest BCUT2D eigenvalue weighted by Crippen LogP contribution is 2.28. The Morgan fingerprint density at radius 1 is 1.18 bits per heavy atom. The zero-order chi connectivity index (χ0) is 12.4. The first kappa shape index (κ1) is 11.5. The molecule has 3 nitrogen and oxygen atoms in total. The lowest BCUT2D eigenvalue weighted by atomic mass is 10.0. The fourth-order valence-electron chi connectivity index (χ4n) is 1.77. The van der Waals surface area contributed by atoms with E-state index in [0.29, 0.717) is 5.75 Å². The van der Waals surface area contributed by atoms with Crippen molar-refractivity contribution in [3.8, 4) is 5.75 Å². The lowest BCUT2D eigenvalue weighted by Gasteiger charge is -2.13. The van der Waals surface area contributed by atoms with Crippen molar-refractivity contribution >= 4 is 16.7 Å². The highest BCUT2D eigenvalue weighted by atomic mass is 16.5. The van der Waals surface area contributed by atoms with Gasteiger partial charge < -0.3 is 9.84 Å². The Bertz CT molecular complexity index is 560. The van der Waals surface area contributed by atoms with Crippen LogP contribution in [-0.2, 0) is 4.79 Å². The number of fused-ring (bicyclic) bond motifs is 1. The summed E-state index contributed by atoms with van der Waals surface area (Å²) in [6, 6.07) is 11.6. The van der Waals surface area contributed by atoms with Crippen LogP contribution in [0.3, 0.4) is 0 Å². The average Bonchev–Trinajstić information content (AvgIpc) is 2.33. The molecule has 0 unspecified atom stereocenters. The molecular formula is C14H14O3. The number of aryl methyl sites for hydroxylation is 1. The minimum absolute atomic E-state index is 0.612. The van der Waals surface area contributed by atoms with Gasteiger partial charge in [-0.1, -0.05) is 30.3 Å². The van der Waals surface area contributed by atoms with Gasteiger partial charge in [0.05, 0.1) is 0 Å². The number of carbonyl (C=O) groups is 1. The Balaban J connectivity index is 2.48. The fraction of sp³-hybridized carbons (Fsp3) is 0.214. The van der Waals surface area contributed by atoms with E-state index in [0.717, 1.165) is 16.3 Å². The zero-order valence-corrected chi connectivity index (χ0v) is 9.81. The molecule has 0 aliphatic carbocycles. The monoisotopic (exact) mass is 230 g/mol. The Labute approximate surface area is 99.6 Å². The number of rotatable bonds is 3. The van der Waals surface area contributed by atoms with Crippen LogP contribution in [0, 0.1) is 6.92 Å². The molecule has 88 valence electrons. The summed E-state index contributed by atoms with van der Waals surface area (Å²) in [5.41, 5.74) is 1.15. The van der Waals surface area contributed by atoms with Crippen molar-refractivity contribution in [1.82, 2.24) is 0 Å². The van der Waals surface area contributed by atoms with Crippen LogP contribution in [0.2, 0.25) is 0 Å². The molecule has 2 aromatic carbocycles. The van der Waals surface area contributed by atoms with E-state index >= 15 is 0 Å². The predicted molar refractivity (Wildman–Crippen MR) is 66.4 cm³/mol. The molecule has 0 fully saturated rings. The van der Waals surface area contributed by atoms with Crippen LogP contribution in [0.5, 0.6) is 5.75 Å². The minimum Gasteiger partial charge on any atom is -0.479 e. The van der Waals surface area contributed by atoms with Crippen molar-refractivity contribution in [3.63, 3.8) is 0 Å². The third-order valence-electron chi connectivity index (χ3n) is 2.75. The molecule has 0 aromatic heterocycles. The topological polar surface area (TPSA) is 46.5 Å². The number of hydrogen-bond acceptors (Lipinski definition) is 2. The van der Waals surface area contributed by atoms with Gasteiger partial charge in [-0.05, 0) is 30.9 Å². The number of carboxylic acids is 1. The van der Waals surface area contributed by atoms with E-state index in [1.54, 1.807) is 0 Å². The van der Waals surface area contributed by atoms with Crippen molar-refractivity contribution in [1.29, 1.82) is 0 Å². The molecule has 1 N–H and O–H groups in total. The maximum atomic E-state index is 10.8. The van der Waals surface area contributed by atoms with E-state index in [-0.39, 0.29) is 0 Å². The van der Waals surface area contributed by atoms with Gasteiger partial charge >= 0.3 is 5.97 Å². The van der Waals surface area contributed by atoms with E-state index < -0.39 is 12.1 Å². The van der Waals surface area contributed by atoms with Crippen molar-refractivity contribution < 1.29 is 14.6 Å². The second-order valence-electron chi connectivity index (χ2n) is 4.02. The van der Waals surface area contributed by atoms with Crippen LogP contribution >= 0.6 is 0 Å². The quantitative estimate of drug-likeness (QED) is 0.881. The lowest BCUT2D eigenvalue weighted by molar-refractivity contribution is -0.144. The summed E-state index contributed by atoms with van der Waals surface area (Å²) in [5, 5.41) is 10.9. The second-order valence-corrected chi connectivity index (χ2v) is 4.02. The summed E-state index contributed by atoms with van der Waals surface area (Å²) in [6.07, 6.45) is -0.846. The summed E-state index contributed by atoms with van der Waals surface area (Å²) in [5.74, 6) is -0.351. The van der Waals surface area contributed by atoms with E-state index in [1.165, 1.54) is 6.92 Å². The van der Waals surface area contributed by atoms with Crippen molar-refractivity contribution in [2.75, 3.05) is 0 Å². The summed E-state index contributed by atoms with van der Waals surface area (Å²) < 4.78 is 5.44. The van der Waals surface area contributed by atoms with E-state index in [9.17, 15) is 4.79 Å². The van der Waals surface area contributed by atoms with Crippen LogP contribution < -0.4 is 4.74 Å². The second kappa shape index (κ2) is 4.45. The molecule has 2 aromatic rings.